The molecule has 12 N–H and O–H groups in total. The predicted octanol–water partition coefficient (Wildman–Crippen LogP) is -4.78. The van der Waals surface area contributed by atoms with Crippen LogP contribution in [-0.2, 0) is 71.9 Å². The number of rotatable bonds is 23. The Kier molecular flexibility index (Phi) is 35.6. The molecular formula is C51H82N13O20-3. The second-order valence-corrected chi connectivity index (χ2v) is 19.8. The lowest BCUT2D eigenvalue weighted by atomic mass is 10.0. The van der Waals surface area contributed by atoms with Crippen LogP contribution in [0.1, 0.15) is 119 Å². The summed E-state index contributed by atoms with van der Waals surface area (Å²) >= 11 is 0. The molecule has 1 fully saturated rings. The Morgan fingerprint density at radius 1 is 0.548 bits per heavy atom. The topological polar surface area (TPSA) is 488 Å². The van der Waals surface area contributed by atoms with Gasteiger partial charge in [0.15, 0.2) is 0 Å². The summed E-state index contributed by atoms with van der Waals surface area (Å²) in [5.41, 5.74) is 0. The van der Waals surface area contributed by atoms with E-state index in [1.165, 1.54) is 13.8 Å². The van der Waals surface area contributed by atoms with E-state index in [9.17, 15) is 93.0 Å². The van der Waals surface area contributed by atoms with Crippen molar-refractivity contribution in [2.45, 2.75) is 161 Å². The van der Waals surface area contributed by atoms with Crippen LogP contribution in [0.15, 0.2) is 12.2 Å². The van der Waals surface area contributed by atoms with E-state index in [0.717, 1.165) is 46.5 Å². The van der Waals surface area contributed by atoms with E-state index in [4.69, 9.17) is 4.74 Å². The number of allylic oxidation sites excluding steroid dienone is 1. The minimum atomic E-state index is -1.86. The molecular weight excluding hydrogens is 1110 g/mol. The van der Waals surface area contributed by atoms with E-state index in [-0.39, 0.29) is 53.7 Å². The molecule has 0 aromatic heterocycles. The molecule has 7 atom stereocenters. The number of aliphatic hydroxyl groups excluding tert-OH is 2. The Hall–Kier alpha value is -7.88. The fourth-order valence-electron chi connectivity index (χ4n) is 7.59. The van der Waals surface area contributed by atoms with Crippen molar-refractivity contribution in [3.8, 4) is 0 Å². The number of nitrogens with zero attached hydrogens (tertiary/aromatic N) is 3. The lowest BCUT2D eigenvalue weighted by Crippen LogP contribution is -2.60. The second kappa shape index (κ2) is 40.4. The molecule has 0 bridgehead atoms. The van der Waals surface area contributed by atoms with Crippen molar-refractivity contribution >= 4 is 82.8 Å². The number of ether oxygens (including phenoxy) is 1. The van der Waals surface area contributed by atoms with E-state index in [2.05, 4.69) is 53.2 Å². The van der Waals surface area contributed by atoms with Gasteiger partial charge in [-0.3, -0.25) is 67.1 Å². The van der Waals surface area contributed by atoms with Crippen LogP contribution in [0.3, 0.4) is 0 Å². The third-order valence-corrected chi connectivity index (χ3v) is 12.4. The van der Waals surface area contributed by atoms with E-state index in [0.29, 0.717) is 6.42 Å². The van der Waals surface area contributed by atoms with Gasteiger partial charge in [0.25, 0.3) is 0 Å². The van der Waals surface area contributed by atoms with Crippen LogP contribution < -0.4 is 53.2 Å². The fraction of sp³-hybridized carbons (Fsp3) is 0.686. The maximum atomic E-state index is 14.0. The molecule has 474 valence electrons. The first kappa shape index (κ1) is 74.1. The van der Waals surface area contributed by atoms with Gasteiger partial charge in [-0.15, -0.1) is 0 Å². The Morgan fingerprint density at radius 3 is 1.45 bits per heavy atom. The van der Waals surface area contributed by atoms with Crippen LogP contribution in [0, 0.1) is 21.5 Å². The molecule has 1 aliphatic heterocycles. The summed E-state index contributed by atoms with van der Waals surface area (Å²) in [6.07, 6.45) is 5.67. The number of esters is 1. The fourth-order valence-corrected chi connectivity index (χ4v) is 7.59. The molecule has 0 saturated carbocycles. The van der Waals surface area contributed by atoms with E-state index < -0.39 is 196 Å². The lowest BCUT2D eigenvalue weighted by Gasteiger charge is -2.29. The van der Waals surface area contributed by atoms with Crippen LogP contribution in [0.2, 0.25) is 0 Å². The SMILES string of the molecule is CCCCCCC=CCC(=O)NC1COC(=O)CNC(=O)C(CCCN([O-])C(C)=O)NC(=O)CNC(=O)C(CO)NC(=O)C(CCCN([O-])C(C)=O)NC(=O)C(CO)NC(=O)C(C(C)C)NC(=O)CNC(=O)C(CCCN([O-])C(C)=O)NC1=O. The third kappa shape index (κ3) is 29.9. The van der Waals surface area contributed by atoms with Crippen molar-refractivity contribution < 1.29 is 82.1 Å². The predicted molar refractivity (Wildman–Crippen MR) is 295 cm³/mol. The number of aliphatic hydroxyl groups is 2. The number of hydroxylamine groups is 6. The van der Waals surface area contributed by atoms with Crippen molar-refractivity contribution in [1.82, 2.24) is 68.4 Å². The molecule has 7 unspecified atom stereocenters. The first-order valence-electron chi connectivity index (χ1n) is 27.5. The van der Waals surface area contributed by atoms with E-state index in [1.807, 2.05) is 6.92 Å². The molecule has 13 amide bonds. The maximum absolute atomic E-state index is 14.0. The van der Waals surface area contributed by atoms with Gasteiger partial charge in [0.1, 0.15) is 55.4 Å². The average Bonchev–Trinajstić information content (AvgIpc) is 3.57. The molecule has 0 spiro atoms. The van der Waals surface area contributed by atoms with Crippen LogP contribution in [0.4, 0.5) is 0 Å². The van der Waals surface area contributed by atoms with E-state index >= 15 is 0 Å². The first-order chi connectivity index (χ1) is 39.6. The third-order valence-electron chi connectivity index (χ3n) is 12.4. The van der Waals surface area contributed by atoms with Gasteiger partial charge in [0.2, 0.25) is 76.8 Å². The second-order valence-electron chi connectivity index (χ2n) is 19.8. The van der Waals surface area contributed by atoms with Crippen molar-refractivity contribution in [2.75, 3.05) is 59.1 Å². The van der Waals surface area contributed by atoms with Crippen LogP contribution >= 0.6 is 0 Å². The van der Waals surface area contributed by atoms with Crippen molar-refractivity contribution in [3.63, 3.8) is 0 Å². The average molecular weight is 1200 g/mol. The normalized spacial score (nSPS) is 21.8. The minimum Gasteiger partial charge on any atom is -0.756 e. The summed E-state index contributed by atoms with van der Waals surface area (Å²) in [6, 6.07) is -11.9. The van der Waals surface area contributed by atoms with Gasteiger partial charge in [-0.2, -0.15) is 0 Å². The van der Waals surface area contributed by atoms with Crippen molar-refractivity contribution in [2.24, 2.45) is 5.92 Å². The number of unbranched alkanes of at least 4 members (excludes halogenated alkanes) is 4. The lowest BCUT2D eigenvalue weighted by molar-refractivity contribution is -0.147. The number of amides is 13. The Morgan fingerprint density at radius 2 is 0.964 bits per heavy atom. The van der Waals surface area contributed by atoms with E-state index in [1.54, 1.807) is 12.2 Å². The zero-order valence-electron chi connectivity index (χ0n) is 48.2. The largest absolute Gasteiger partial charge is 0.756 e. The number of hydrogen-bond donors (Lipinski definition) is 12. The van der Waals surface area contributed by atoms with Gasteiger partial charge in [-0.25, -0.2) is 0 Å². The van der Waals surface area contributed by atoms with Crippen molar-refractivity contribution in [3.05, 3.63) is 27.8 Å². The monoisotopic (exact) mass is 1200 g/mol. The van der Waals surface area contributed by atoms with Gasteiger partial charge < -0.3 is 98.9 Å². The summed E-state index contributed by atoms with van der Waals surface area (Å²) < 4.78 is 5.26. The van der Waals surface area contributed by atoms with Gasteiger partial charge in [0.05, 0.1) is 26.3 Å². The zero-order chi connectivity index (χ0) is 63.5. The molecule has 0 aromatic carbocycles. The number of carbonyl (C=O) groups excluding carboxylic acids is 14. The highest BCUT2D eigenvalue weighted by Crippen LogP contribution is 2.09. The molecule has 33 nitrogen and oxygen atoms in total. The standard InChI is InChI=1S/C51H82N13O20/c1-7-8-9-10-11-12-13-20-40(70)56-39-29-84-43(73)26-54-45(74)34(17-14-21-62(81)31(4)67)55-41(71)24-53-47(76)37(27-65)59-48(77)36(19-16-23-64(83)33(6)69)58-49(78)38(28-66)60-51(80)44(30(2)3)61-42(72)25-52-46(75)35(57-50(39)79)18-15-22-63(82)32(5)68/h12-13,30,34-39,44,65-66H,7-11,14-29H2,1-6H3,(H,52,75)(H,53,76)(H,54,74)(H,55,71)(H,56,70)(H,57,79)(H,58,78)(H,59,77)(H,60,80)(H,61,72)/q-3. The molecule has 1 heterocycles. The number of hydrogen-bond acceptors (Lipinski definition) is 20. The van der Waals surface area contributed by atoms with Gasteiger partial charge in [-0.1, -0.05) is 52.2 Å². The highest BCUT2D eigenvalue weighted by molar-refractivity contribution is 5.98. The zero-order valence-corrected chi connectivity index (χ0v) is 48.2. The summed E-state index contributed by atoms with van der Waals surface area (Å²) in [7, 11) is 0. The summed E-state index contributed by atoms with van der Waals surface area (Å²) in [6.45, 7) is 0.578. The summed E-state index contributed by atoms with van der Waals surface area (Å²) in [4.78, 5) is 183. The molecule has 0 radical (unpaired) electrons. The minimum absolute atomic E-state index is 0.0476. The number of carbonyl (C=O) groups is 14. The highest BCUT2D eigenvalue weighted by Gasteiger charge is 2.34. The summed E-state index contributed by atoms with van der Waals surface area (Å²) in [5.74, 6) is -15.4. The first-order valence-corrected chi connectivity index (χ1v) is 27.5. The number of cyclic esters (lactones) is 1. The molecule has 0 aliphatic carbocycles. The smallest absolute Gasteiger partial charge is 0.325 e. The van der Waals surface area contributed by atoms with Gasteiger partial charge in [-0.05, 0) is 57.3 Å². The molecule has 84 heavy (non-hydrogen) atoms. The molecule has 0 aromatic rings. The highest BCUT2D eigenvalue weighted by atomic mass is 16.5. The number of nitrogens with one attached hydrogen (secondary N) is 10. The maximum Gasteiger partial charge on any atom is 0.325 e. The Balaban J connectivity index is 3.82. The summed E-state index contributed by atoms with van der Waals surface area (Å²) in [5, 5.41) is 79.5. The van der Waals surface area contributed by atoms with Gasteiger partial charge in [0, 0.05) is 46.8 Å². The van der Waals surface area contributed by atoms with Crippen LogP contribution in [0.25, 0.3) is 0 Å². The Labute approximate surface area is 485 Å². The van der Waals surface area contributed by atoms with Gasteiger partial charge >= 0.3 is 5.97 Å². The molecule has 1 saturated heterocycles. The van der Waals surface area contributed by atoms with Crippen molar-refractivity contribution in [1.29, 1.82) is 0 Å². The molecule has 1 rings (SSSR count). The Bertz CT molecular complexity index is 2290. The molecule has 33 heteroatoms. The quantitative estimate of drug-likeness (QED) is 0.0198. The van der Waals surface area contributed by atoms with Crippen LogP contribution in [-0.4, -0.2) is 210 Å². The van der Waals surface area contributed by atoms with Crippen LogP contribution in [0.5, 0.6) is 0 Å². The molecule has 1 aliphatic rings.